The van der Waals surface area contributed by atoms with Crippen molar-refractivity contribution >= 4 is 29.4 Å². The van der Waals surface area contributed by atoms with Crippen LogP contribution >= 0.6 is 11.8 Å². The highest BCUT2D eigenvalue weighted by atomic mass is 32.2. The lowest BCUT2D eigenvalue weighted by Crippen LogP contribution is -2.54. The summed E-state index contributed by atoms with van der Waals surface area (Å²) >= 11 is 1.57. The Balaban J connectivity index is 1.84. The van der Waals surface area contributed by atoms with Gasteiger partial charge in [0, 0.05) is 32.4 Å². The molecule has 0 saturated carbocycles. The Bertz CT molecular complexity index is 521. The highest BCUT2D eigenvalue weighted by molar-refractivity contribution is 7.98. The van der Waals surface area contributed by atoms with Crippen molar-refractivity contribution in [1.29, 1.82) is 0 Å². The molecule has 7 nitrogen and oxygen atoms in total. The van der Waals surface area contributed by atoms with Crippen molar-refractivity contribution in [2.45, 2.75) is 12.5 Å². The number of aliphatic carboxylic acids is 1. The number of thioether (sulfide) groups is 1. The monoisotopic (exact) mass is 338 g/mol. The Morgan fingerprint density at radius 3 is 2.70 bits per heavy atom. The number of nitrogens with zero attached hydrogens (tertiary/aromatic N) is 3. The maximum atomic E-state index is 12.2. The fraction of sp³-hybridized carbons (Fsp3) is 0.533. The average Bonchev–Trinajstić information content (AvgIpc) is 2.59. The normalized spacial score (nSPS) is 16.0. The molecule has 1 aromatic rings. The zero-order valence-electron chi connectivity index (χ0n) is 13.1. The van der Waals surface area contributed by atoms with Crippen molar-refractivity contribution in [3.8, 4) is 0 Å². The minimum absolute atomic E-state index is 0.302. The first-order valence-electron chi connectivity index (χ1n) is 7.54. The Kier molecular flexibility index (Phi) is 6.52. The second-order valence-corrected chi connectivity index (χ2v) is 6.29. The van der Waals surface area contributed by atoms with Gasteiger partial charge in [0.1, 0.15) is 6.04 Å². The molecule has 1 fully saturated rings. The molecule has 0 aliphatic carbocycles. The molecule has 1 atom stereocenters. The number of carboxylic acid groups (broad SMARTS) is 1. The van der Waals surface area contributed by atoms with Gasteiger partial charge in [0.2, 0.25) is 0 Å². The number of amides is 2. The van der Waals surface area contributed by atoms with Crippen molar-refractivity contribution in [3.63, 3.8) is 0 Å². The van der Waals surface area contributed by atoms with Crippen LogP contribution in [0.4, 0.5) is 10.5 Å². The van der Waals surface area contributed by atoms with Crippen LogP contribution in [0.25, 0.3) is 0 Å². The van der Waals surface area contributed by atoms with Crippen molar-refractivity contribution in [3.05, 3.63) is 24.5 Å². The van der Waals surface area contributed by atoms with E-state index < -0.39 is 12.0 Å². The van der Waals surface area contributed by atoms with Crippen LogP contribution in [0.3, 0.4) is 0 Å². The summed E-state index contributed by atoms with van der Waals surface area (Å²) in [4.78, 5) is 31.4. The van der Waals surface area contributed by atoms with Gasteiger partial charge in [-0.2, -0.15) is 11.8 Å². The quantitative estimate of drug-likeness (QED) is 0.808. The molecule has 126 valence electrons. The van der Waals surface area contributed by atoms with Gasteiger partial charge < -0.3 is 20.2 Å². The molecule has 2 N–H and O–H groups in total. The van der Waals surface area contributed by atoms with E-state index in [1.54, 1.807) is 29.1 Å². The third-order valence-electron chi connectivity index (χ3n) is 3.78. The van der Waals surface area contributed by atoms with Gasteiger partial charge in [0.05, 0.1) is 11.9 Å². The number of urea groups is 1. The SMILES string of the molecule is CSCC[C@@H](NC(=O)N1CCN(c2cccnc2)CC1)C(=O)O. The Hall–Kier alpha value is -1.96. The number of anilines is 1. The zero-order valence-corrected chi connectivity index (χ0v) is 14.0. The molecule has 2 rings (SSSR count). The van der Waals surface area contributed by atoms with Crippen LogP contribution in [0, 0.1) is 0 Å². The molecule has 0 spiro atoms. The summed E-state index contributed by atoms with van der Waals surface area (Å²) in [6.07, 6.45) is 5.88. The number of rotatable bonds is 6. The van der Waals surface area contributed by atoms with Gasteiger partial charge in [0.15, 0.2) is 0 Å². The summed E-state index contributed by atoms with van der Waals surface area (Å²) < 4.78 is 0. The lowest BCUT2D eigenvalue weighted by Gasteiger charge is -2.36. The smallest absolute Gasteiger partial charge is 0.326 e. The van der Waals surface area contributed by atoms with Gasteiger partial charge in [-0.25, -0.2) is 9.59 Å². The Labute approximate surface area is 140 Å². The number of hydrogen-bond acceptors (Lipinski definition) is 5. The molecule has 0 radical (unpaired) electrons. The summed E-state index contributed by atoms with van der Waals surface area (Å²) in [7, 11) is 0. The largest absolute Gasteiger partial charge is 0.480 e. The number of aromatic nitrogens is 1. The van der Waals surface area contributed by atoms with Crippen molar-refractivity contribution in [1.82, 2.24) is 15.2 Å². The zero-order chi connectivity index (χ0) is 16.7. The lowest BCUT2D eigenvalue weighted by atomic mass is 10.2. The summed E-state index contributed by atoms with van der Waals surface area (Å²) in [5, 5.41) is 11.8. The van der Waals surface area contributed by atoms with Crippen LogP contribution in [0.5, 0.6) is 0 Å². The fourth-order valence-electron chi connectivity index (χ4n) is 2.44. The maximum absolute atomic E-state index is 12.2. The van der Waals surface area contributed by atoms with E-state index in [2.05, 4.69) is 15.2 Å². The van der Waals surface area contributed by atoms with Crippen molar-refractivity contribution < 1.29 is 14.7 Å². The van der Waals surface area contributed by atoms with Crippen molar-refractivity contribution in [2.24, 2.45) is 0 Å². The first-order chi connectivity index (χ1) is 11.1. The third kappa shape index (κ3) is 5.02. The predicted octanol–water partition coefficient (Wildman–Crippen LogP) is 1.12. The lowest BCUT2D eigenvalue weighted by molar-refractivity contribution is -0.139. The molecular formula is C15H22N4O3S. The molecule has 0 bridgehead atoms. The number of carbonyl (C=O) groups excluding carboxylic acids is 1. The van der Waals surface area contributed by atoms with Gasteiger partial charge in [-0.1, -0.05) is 0 Å². The minimum atomic E-state index is -0.985. The van der Waals surface area contributed by atoms with Crippen LogP contribution in [-0.2, 0) is 4.79 Å². The van der Waals surface area contributed by atoms with Crippen LogP contribution < -0.4 is 10.2 Å². The number of piperazine rings is 1. The van der Waals surface area contributed by atoms with E-state index in [0.717, 1.165) is 5.69 Å². The Morgan fingerprint density at radius 2 is 2.13 bits per heavy atom. The van der Waals surface area contributed by atoms with Crippen LogP contribution in [0.1, 0.15) is 6.42 Å². The first-order valence-corrected chi connectivity index (χ1v) is 8.93. The second-order valence-electron chi connectivity index (χ2n) is 5.31. The molecule has 23 heavy (non-hydrogen) atoms. The van der Waals surface area contributed by atoms with E-state index in [1.165, 1.54) is 0 Å². The van der Waals surface area contributed by atoms with Gasteiger partial charge in [-0.05, 0) is 30.6 Å². The van der Waals surface area contributed by atoms with E-state index >= 15 is 0 Å². The predicted molar refractivity (Wildman–Crippen MR) is 91.0 cm³/mol. The molecule has 1 saturated heterocycles. The molecule has 2 amide bonds. The molecule has 0 aromatic carbocycles. The summed E-state index contributed by atoms with van der Waals surface area (Å²) in [5.41, 5.74) is 1.04. The van der Waals surface area contributed by atoms with E-state index in [4.69, 9.17) is 0 Å². The number of hydrogen-bond donors (Lipinski definition) is 2. The van der Waals surface area contributed by atoms with Gasteiger partial charge >= 0.3 is 12.0 Å². The Morgan fingerprint density at radius 1 is 1.39 bits per heavy atom. The number of pyridine rings is 1. The molecule has 0 unspecified atom stereocenters. The van der Waals surface area contributed by atoms with Gasteiger partial charge in [-0.15, -0.1) is 0 Å². The molecule has 2 heterocycles. The summed E-state index contributed by atoms with van der Waals surface area (Å²) in [6.45, 7) is 2.55. The second kappa shape index (κ2) is 8.61. The van der Waals surface area contributed by atoms with Crippen LogP contribution in [-0.4, -0.2) is 71.2 Å². The highest BCUT2D eigenvalue weighted by Crippen LogP contribution is 2.14. The maximum Gasteiger partial charge on any atom is 0.326 e. The summed E-state index contributed by atoms with van der Waals surface area (Å²) in [6, 6.07) is 2.75. The number of carbonyl (C=O) groups is 2. The summed E-state index contributed by atoms with van der Waals surface area (Å²) in [5.74, 6) is -0.284. The van der Waals surface area contributed by atoms with Gasteiger partial charge in [-0.3, -0.25) is 4.98 Å². The minimum Gasteiger partial charge on any atom is -0.480 e. The molecule has 8 heteroatoms. The number of carboxylic acids is 1. The molecule has 1 aliphatic heterocycles. The average molecular weight is 338 g/mol. The van der Waals surface area contributed by atoms with Crippen molar-refractivity contribution in [2.75, 3.05) is 43.1 Å². The van der Waals surface area contributed by atoms with Crippen LogP contribution in [0.2, 0.25) is 0 Å². The standard InChI is InChI=1S/C15H22N4O3S/c1-23-10-4-13(14(20)21)17-15(22)19-8-6-18(7-9-19)12-3-2-5-16-11-12/h2-3,5,11,13H,4,6-10H2,1H3,(H,17,22)(H,20,21)/t13-/m1/s1. The van der Waals surface area contributed by atoms with Crippen LogP contribution in [0.15, 0.2) is 24.5 Å². The first kappa shape index (κ1) is 17.4. The molecule has 1 aliphatic rings. The van der Waals surface area contributed by atoms with Gasteiger partial charge in [0.25, 0.3) is 0 Å². The molecule has 1 aromatic heterocycles. The van der Waals surface area contributed by atoms with E-state index in [9.17, 15) is 14.7 Å². The van der Waals surface area contributed by atoms with E-state index in [0.29, 0.717) is 38.4 Å². The molecular weight excluding hydrogens is 316 g/mol. The topological polar surface area (TPSA) is 85.8 Å². The van der Waals surface area contributed by atoms with E-state index in [1.807, 2.05) is 18.4 Å². The fourth-order valence-corrected chi connectivity index (χ4v) is 2.91. The number of nitrogens with one attached hydrogen (secondary N) is 1. The van der Waals surface area contributed by atoms with E-state index in [-0.39, 0.29) is 6.03 Å². The third-order valence-corrected chi connectivity index (χ3v) is 4.43. The highest BCUT2D eigenvalue weighted by Gasteiger charge is 2.25.